The maximum atomic E-state index is 13.3. The number of benzene rings is 1. The van der Waals surface area contributed by atoms with Gasteiger partial charge in [0.2, 0.25) is 11.8 Å². The molecule has 3 aromatic rings. The van der Waals surface area contributed by atoms with Crippen molar-refractivity contribution < 1.29 is 9.59 Å². The van der Waals surface area contributed by atoms with Crippen molar-refractivity contribution in [2.45, 2.75) is 52.6 Å². The highest BCUT2D eigenvalue weighted by Crippen LogP contribution is 2.32. The molecule has 2 aliphatic heterocycles. The number of hydrogen-bond donors (Lipinski definition) is 0. The number of nitrogens with zero attached hydrogens (tertiary/aromatic N) is 5. The van der Waals surface area contributed by atoms with Gasteiger partial charge in [-0.2, -0.15) is 5.10 Å². The highest BCUT2D eigenvalue weighted by Gasteiger charge is 2.38. The number of rotatable bonds is 2. The van der Waals surface area contributed by atoms with Gasteiger partial charge < -0.3 is 9.80 Å². The molecule has 0 bridgehead atoms. The summed E-state index contributed by atoms with van der Waals surface area (Å²) >= 11 is 1.64. The highest BCUT2D eigenvalue weighted by molar-refractivity contribution is 7.18. The van der Waals surface area contributed by atoms with Gasteiger partial charge in [0.05, 0.1) is 32.9 Å². The number of fused-ring (bicyclic) bond motifs is 2. The first-order chi connectivity index (χ1) is 14.7. The van der Waals surface area contributed by atoms with Crippen molar-refractivity contribution >= 4 is 39.1 Å². The van der Waals surface area contributed by atoms with Crippen molar-refractivity contribution in [1.82, 2.24) is 19.7 Å². The van der Waals surface area contributed by atoms with E-state index in [9.17, 15) is 9.59 Å². The summed E-state index contributed by atoms with van der Waals surface area (Å²) in [5.74, 6) is -0.238. The molecular formula is C23H27N5O2S. The van der Waals surface area contributed by atoms with Gasteiger partial charge >= 0.3 is 0 Å². The summed E-state index contributed by atoms with van der Waals surface area (Å²) in [4.78, 5) is 34.2. The van der Waals surface area contributed by atoms with E-state index < -0.39 is 0 Å². The van der Waals surface area contributed by atoms with E-state index in [0.29, 0.717) is 19.6 Å². The predicted octanol–water partition coefficient (Wildman–Crippen LogP) is 3.49. The van der Waals surface area contributed by atoms with Crippen LogP contribution < -0.4 is 4.90 Å². The molecule has 1 saturated heterocycles. The van der Waals surface area contributed by atoms with Crippen LogP contribution in [-0.2, 0) is 28.1 Å². The van der Waals surface area contributed by atoms with Crippen LogP contribution in [-0.4, -0.2) is 44.6 Å². The SMILES string of the molecule is Cc1nc2cc(N3CC(C(=O)N4CCc5c(cnn5C(C)(C)C)C4)CC3=O)ccc2s1. The van der Waals surface area contributed by atoms with E-state index in [1.165, 1.54) is 5.69 Å². The third kappa shape index (κ3) is 3.52. The molecule has 0 radical (unpaired) electrons. The Labute approximate surface area is 185 Å². The smallest absolute Gasteiger partial charge is 0.228 e. The lowest BCUT2D eigenvalue weighted by Crippen LogP contribution is -2.41. The van der Waals surface area contributed by atoms with E-state index in [1.807, 2.05) is 36.2 Å². The zero-order valence-corrected chi connectivity index (χ0v) is 19.2. The Kier molecular flexibility index (Phi) is 4.66. The second-order valence-electron chi connectivity index (χ2n) is 9.50. The van der Waals surface area contributed by atoms with Crippen molar-refractivity contribution in [3.63, 3.8) is 0 Å². The molecule has 8 heteroatoms. The lowest BCUT2D eigenvalue weighted by molar-refractivity contribution is -0.136. The minimum absolute atomic E-state index is 0.00269. The normalized spacial score (nSPS) is 19.4. The van der Waals surface area contributed by atoms with Crippen LogP contribution in [0.3, 0.4) is 0 Å². The summed E-state index contributed by atoms with van der Waals surface area (Å²) in [5, 5.41) is 5.57. The summed E-state index contributed by atoms with van der Waals surface area (Å²) in [6.45, 7) is 10.1. The van der Waals surface area contributed by atoms with Gasteiger partial charge in [-0.3, -0.25) is 14.3 Å². The maximum absolute atomic E-state index is 13.3. The van der Waals surface area contributed by atoms with Crippen molar-refractivity contribution in [3.8, 4) is 0 Å². The molecule has 1 atom stereocenters. The first-order valence-electron chi connectivity index (χ1n) is 10.7. The number of anilines is 1. The van der Waals surface area contributed by atoms with Crippen LogP contribution in [0, 0.1) is 12.8 Å². The number of carbonyl (C=O) groups excluding carboxylic acids is 2. The van der Waals surface area contributed by atoms with Gasteiger partial charge in [-0.25, -0.2) is 4.98 Å². The number of carbonyl (C=O) groups is 2. The molecule has 4 heterocycles. The molecular weight excluding hydrogens is 410 g/mol. The van der Waals surface area contributed by atoms with Crippen LogP contribution in [0.2, 0.25) is 0 Å². The molecule has 0 N–H and O–H groups in total. The monoisotopic (exact) mass is 437 g/mol. The van der Waals surface area contributed by atoms with Gasteiger partial charge in [-0.15, -0.1) is 11.3 Å². The number of amides is 2. The van der Waals surface area contributed by atoms with E-state index in [4.69, 9.17) is 0 Å². The second kappa shape index (κ2) is 7.15. The first kappa shape index (κ1) is 20.2. The summed E-state index contributed by atoms with van der Waals surface area (Å²) < 4.78 is 3.18. The van der Waals surface area contributed by atoms with E-state index in [-0.39, 0.29) is 29.7 Å². The van der Waals surface area contributed by atoms with Crippen molar-refractivity contribution in [2.24, 2.45) is 5.92 Å². The third-order valence-electron chi connectivity index (χ3n) is 6.15. The van der Waals surface area contributed by atoms with Crippen LogP contribution in [0.4, 0.5) is 5.69 Å². The van der Waals surface area contributed by atoms with Crippen LogP contribution in [0.1, 0.15) is 43.5 Å². The first-order valence-corrected chi connectivity index (χ1v) is 11.5. The molecule has 5 rings (SSSR count). The van der Waals surface area contributed by atoms with Gasteiger partial charge in [0.1, 0.15) is 0 Å². The molecule has 1 unspecified atom stereocenters. The zero-order chi connectivity index (χ0) is 21.9. The summed E-state index contributed by atoms with van der Waals surface area (Å²) in [7, 11) is 0. The highest BCUT2D eigenvalue weighted by atomic mass is 32.1. The second-order valence-corrected chi connectivity index (χ2v) is 10.7. The Bertz CT molecular complexity index is 1190. The van der Waals surface area contributed by atoms with E-state index in [0.717, 1.165) is 32.9 Å². The lowest BCUT2D eigenvalue weighted by atomic mass is 10.0. The van der Waals surface area contributed by atoms with Crippen LogP contribution >= 0.6 is 11.3 Å². The fraction of sp³-hybridized carbons (Fsp3) is 0.478. The van der Waals surface area contributed by atoms with Gasteiger partial charge in [0, 0.05) is 49.4 Å². The van der Waals surface area contributed by atoms with Gasteiger partial charge in [-0.1, -0.05) is 0 Å². The summed E-state index contributed by atoms with van der Waals surface area (Å²) in [6, 6.07) is 5.92. The zero-order valence-electron chi connectivity index (χ0n) is 18.4. The predicted molar refractivity (Wildman–Crippen MR) is 121 cm³/mol. The molecule has 1 fully saturated rings. The van der Waals surface area contributed by atoms with Crippen molar-refractivity contribution in [2.75, 3.05) is 18.0 Å². The summed E-state index contributed by atoms with van der Waals surface area (Å²) in [5.41, 5.74) is 3.98. The molecule has 0 saturated carbocycles. The topological polar surface area (TPSA) is 71.3 Å². The minimum atomic E-state index is -0.306. The molecule has 2 aliphatic rings. The van der Waals surface area contributed by atoms with Gasteiger partial charge in [-0.05, 0) is 45.9 Å². The third-order valence-corrected chi connectivity index (χ3v) is 7.10. The lowest BCUT2D eigenvalue weighted by Gasteiger charge is -2.31. The van der Waals surface area contributed by atoms with Crippen LogP contribution in [0.25, 0.3) is 10.2 Å². The van der Waals surface area contributed by atoms with Crippen LogP contribution in [0.15, 0.2) is 24.4 Å². The van der Waals surface area contributed by atoms with E-state index in [2.05, 4.69) is 35.5 Å². The standard InChI is InChI=1S/C23H27N5O2S/c1-14-25-18-10-17(5-6-20(18)31-14)27-13-15(9-21(27)29)22(30)26-8-7-19-16(12-26)11-24-28(19)23(2,3)4/h5-6,10-11,15H,7-9,12-13H2,1-4H3. The summed E-state index contributed by atoms with van der Waals surface area (Å²) in [6.07, 6.45) is 2.94. The molecule has 1 aromatic carbocycles. The average Bonchev–Trinajstić information content (AvgIpc) is 3.41. The number of hydrogen-bond acceptors (Lipinski definition) is 5. The molecule has 7 nitrogen and oxygen atoms in total. The minimum Gasteiger partial charge on any atom is -0.338 e. The van der Waals surface area contributed by atoms with Gasteiger partial charge in [0.25, 0.3) is 0 Å². The fourth-order valence-electron chi connectivity index (χ4n) is 4.68. The van der Waals surface area contributed by atoms with E-state index in [1.54, 1.807) is 16.2 Å². The maximum Gasteiger partial charge on any atom is 0.228 e. The average molecular weight is 438 g/mol. The Morgan fingerprint density at radius 3 is 2.84 bits per heavy atom. The molecule has 2 amide bonds. The molecule has 2 aromatic heterocycles. The Balaban J connectivity index is 1.31. The van der Waals surface area contributed by atoms with Gasteiger partial charge in [0.15, 0.2) is 0 Å². The van der Waals surface area contributed by atoms with E-state index >= 15 is 0 Å². The molecule has 0 spiro atoms. The van der Waals surface area contributed by atoms with Crippen molar-refractivity contribution in [1.29, 1.82) is 0 Å². The fourth-order valence-corrected chi connectivity index (χ4v) is 5.49. The Hall–Kier alpha value is -2.74. The molecule has 162 valence electrons. The molecule has 31 heavy (non-hydrogen) atoms. The Morgan fingerprint density at radius 1 is 1.26 bits per heavy atom. The number of thiazole rings is 1. The Morgan fingerprint density at radius 2 is 2.06 bits per heavy atom. The van der Waals surface area contributed by atoms with Crippen LogP contribution in [0.5, 0.6) is 0 Å². The molecule has 0 aliphatic carbocycles. The largest absolute Gasteiger partial charge is 0.338 e. The number of aromatic nitrogens is 3. The quantitative estimate of drug-likeness (QED) is 0.615. The number of aryl methyl sites for hydroxylation is 1. The van der Waals surface area contributed by atoms with Crippen molar-refractivity contribution in [3.05, 3.63) is 40.7 Å².